The number of aromatic nitrogens is 1. The topological polar surface area (TPSA) is 107 Å². The maximum absolute atomic E-state index is 13.8. The van der Waals surface area contributed by atoms with Crippen molar-refractivity contribution in [1.82, 2.24) is 9.88 Å². The number of hydrogen-bond acceptors (Lipinski definition) is 5. The standard InChI is InChI=1S/C26H32BrN3O5/c1-6-29(7-2)12-9-13-30-22(17-10-8-11-18(27)14-17)20(24(32)25(30)33)23(31)19-15(3)21(26(34)35-5)28-16(19)4/h8,10-11,14,22,28,31H,6-7,9,12-13H2,1-5H3. The lowest BCUT2D eigenvalue weighted by Gasteiger charge is -2.28. The van der Waals surface area contributed by atoms with Gasteiger partial charge in [0.2, 0.25) is 5.78 Å². The Kier molecular flexibility index (Phi) is 8.56. The molecule has 1 aliphatic rings. The van der Waals surface area contributed by atoms with Crippen LogP contribution in [0.25, 0.3) is 5.76 Å². The van der Waals surface area contributed by atoms with E-state index in [9.17, 15) is 19.5 Å². The third-order valence-electron chi connectivity index (χ3n) is 6.68. The smallest absolute Gasteiger partial charge is 0.354 e. The highest BCUT2D eigenvalue weighted by Gasteiger charge is 2.44. The van der Waals surface area contributed by atoms with Gasteiger partial charge in [0, 0.05) is 28.7 Å². The van der Waals surface area contributed by atoms with Crippen molar-refractivity contribution in [3.8, 4) is 0 Å². The number of aromatic amines is 1. The number of nitrogens with zero attached hydrogens (tertiary/aromatic N) is 1. The number of quaternary nitrogens is 1. The first-order chi connectivity index (χ1) is 16.7. The van der Waals surface area contributed by atoms with Crippen molar-refractivity contribution in [2.75, 3.05) is 33.3 Å². The first-order valence-corrected chi connectivity index (χ1v) is 12.6. The quantitative estimate of drug-likeness (QED) is 0.216. The van der Waals surface area contributed by atoms with E-state index in [2.05, 4.69) is 34.8 Å². The lowest BCUT2D eigenvalue weighted by molar-refractivity contribution is -0.896. The van der Waals surface area contributed by atoms with Gasteiger partial charge in [-0.3, -0.25) is 9.59 Å². The number of aryl methyl sites for hydroxylation is 1. The van der Waals surface area contributed by atoms with Crippen molar-refractivity contribution in [1.29, 1.82) is 0 Å². The summed E-state index contributed by atoms with van der Waals surface area (Å²) in [5.74, 6) is -2.62. The summed E-state index contributed by atoms with van der Waals surface area (Å²) < 4.78 is 5.59. The Balaban J connectivity index is 2.12. The summed E-state index contributed by atoms with van der Waals surface area (Å²) in [4.78, 5) is 44.4. The Morgan fingerprint density at radius 1 is 1.23 bits per heavy atom. The number of esters is 1. The maximum Gasteiger partial charge on any atom is 0.354 e. The number of H-pyrrole nitrogens is 1. The Morgan fingerprint density at radius 3 is 2.51 bits per heavy atom. The average Bonchev–Trinajstić information content (AvgIpc) is 3.28. The number of ketones is 1. The highest BCUT2D eigenvalue weighted by atomic mass is 79.9. The van der Waals surface area contributed by atoms with E-state index in [1.807, 2.05) is 24.3 Å². The Morgan fingerprint density at radius 2 is 1.91 bits per heavy atom. The van der Waals surface area contributed by atoms with Crippen molar-refractivity contribution in [3.63, 3.8) is 0 Å². The summed E-state index contributed by atoms with van der Waals surface area (Å²) in [5, 5.41) is 13.8. The molecule has 0 radical (unpaired) electrons. The third kappa shape index (κ3) is 5.21. The van der Waals surface area contributed by atoms with Gasteiger partial charge in [0.1, 0.15) is 5.69 Å². The zero-order valence-corrected chi connectivity index (χ0v) is 22.4. The van der Waals surface area contributed by atoms with Gasteiger partial charge < -0.3 is 24.6 Å². The van der Waals surface area contributed by atoms with Crippen LogP contribution in [-0.4, -0.2) is 60.8 Å². The summed E-state index contributed by atoms with van der Waals surface area (Å²) in [5.41, 5.74) is 1.79. The normalized spacial score (nSPS) is 17.5. The SMILES string of the molecule is CC[NH+](CC)CCCN1C(=O)C(=O)C(=C([O-])c2c(C)[nH]c(C(=O)OC)c2C)C1c1cccc(Br)c1. The van der Waals surface area contributed by atoms with Gasteiger partial charge in [-0.25, -0.2) is 4.79 Å². The Labute approximate surface area is 214 Å². The molecule has 1 amide bonds. The van der Waals surface area contributed by atoms with E-state index >= 15 is 0 Å². The molecule has 2 N–H and O–H groups in total. The monoisotopic (exact) mass is 545 g/mol. The van der Waals surface area contributed by atoms with Gasteiger partial charge in [0.05, 0.1) is 32.8 Å². The van der Waals surface area contributed by atoms with Gasteiger partial charge in [-0.1, -0.05) is 33.8 Å². The highest BCUT2D eigenvalue weighted by molar-refractivity contribution is 9.10. The third-order valence-corrected chi connectivity index (χ3v) is 7.17. The van der Waals surface area contributed by atoms with Gasteiger partial charge in [0.15, 0.2) is 0 Å². The molecule has 2 aromatic rings. The fraction of sp³-hybridized carbons (Fsp3) is 0.423. The number of methoxy groups -OCH3 is 1. The fourth-order valence-corrected chi connectivity index (χ4v) is 5.18. The number of hydrogen-bond donors (Lipinski definition) is 2. The molecule has 1 aliphatic heterocycles. The first-order valence-electron chi connectivity index (χ1n) is 11.8. The van der Waals surface area contributed by atoms with E-state index in [-0.39, 0.29) is 16.8 Å². The second kappa shape index (κ2) is 11.2. The van der Waals surface area contributed by atoms with Gasteiger partial charge in [-0.05, 0) is 56.5 Å². The Bertz CT molecular complexity index is 1170. The van der Waals surface area contributed by atoms with E-state index in [0.29, 0.717) is 29.8 Å². The van der Waals surface area contributed by atoms with Crippen molar-refractivity contribution < 1.29 is 29.1 Å². The molecule has 0 spiro atoms. The molecule has 1 atom stereocenters. The van der Waals surface area contributed by atoms with Crippen molar-refractivity contribution in [2.45, 2.75) is 40.2 Å². The van der Waals surface area contributed by atoms with Crippen LogP contribution < -0.4 is 10.0 Å². The van der Waals surface area contributed by atoms with Gasteiger partial charge in [-0.2, -0.15) is 0 Å². The number of amides is 1. The van der Waals surface area contributed by atoms with Crippen LogP contribution in [0.1, 0.15) is 59.2 Å². The van der Waals surface area contributed by atoms with Crippen molar-refractivity contribution in [3.05, 3.63) is 62.4 Å². The van der Waals surface area contributed by atoms with Gasteiger partial charge >= 0.3 is 5.97 Å². The predicted molar refractivity (Wildman–Crippen MR) is 134 cm³/mol. The molecule has 0 aliphatic carbocycles. The largest absolute Gasteiger partial charge is 0.872 e. The van der Waals surface area contributed by atoms with E-state index in [0.717, 1.165) is 24.1 Å². The molecular weight excluding hydrogens is 514 g/mol. The number of rotatable bonds is 9. The van der Waals surface area contributed by atoms with E-state index < -0.39 is 29.5 Å². The summed E-state index contributed by atoms with van der Waals surface area (Å²) in [6.45, 7) is 10.7. The second-order valence-electron chi connectivity index (χ2n) is 8.71. The molecule has 1 aromatic carbocycles. The number of ether oxygens (including phenoxy) is 1. The predicted octanol–water partition coefficient (Wildman–Crippen LogP) is 1.72. The minimum Gasteiger partial charge on any atom is -0.872 e. The summed E-state index contributed by atoms with van der Waals surface area (Å²) in [6, 6.07) is 6.49. The van der Waals surface area contributed by atoms with Crippen LogP contribution in [-0.2, 0) is 14.3 Å². The number of carbonyl (C=O) groups excluding carboxylic acids is 3. The van der Waals surface area contributed by atoms with Gasteiger partial charge in [0.25, 0.3) is 5.91 Å². The van der Waals surface area contributed by atoms with Crippen LogP contribution in [0, 0.1) is 13.8 Å². The van der Waals surface area contributed by atoms with Crippen molar-refractivity contribution in [2.24, 2.45) is 0 Å². The van der Waals surface area contributed by atoms with E-state index in [1.165, 1.54) is 16.9 Å². The minimum atomic E-state index is -0.804. The zero-order valence-electron chi connectivity index (χ0n) is 20.8. The van der Waals surface area contributed by atoms with Crippen LogP contribution in [0.3, 0.4) is 0 Å². The molecule has 3 rings (SSSR count). The molecular formula is C26H32BrN3O5. The number of Topliss-reactive ketones (excluding diaryl/α,β-unsaturated/α-hetero) is 1. The molecule has 0 saturated carbocycles. The first kappa shape index (κ1) is 26.7. The van der Waals surface area contributed by atoms with Crippen LogP contribution >= 0.6 is 15.9 Å². The summed E-state index contributed by atoms with van der Waals surface area (Å²) in [7, 11) is 1.26. The molecule has 1 saturated heterocycles. The van der Waals surface area contributed by atoms with E-state index in [4.69, 9.17) is 4.74 Å². The van der Waals surface area contributed by atoms with Crippen LogP contribution in [0.5, 0.6) is 0 Å². The molecule has 8 nitrogen and oxygen atoms in total. The highest BCUT2D eigenvalue weighted by Crippen LogP contribution is 2.40. The van der Waals surface area contributed by atoms with E-state index in [1.54, 1.807) is 13.8 Å². The van der Waals surface area contributed by atoms with Gasteiger partial charge in [-0.15, -0.1) is 0 Å². The minimum absolute atomic E-state index is 0.0927. The number of likely N-dealkylation sites (tertiary alicyclic amines) is 1. The Hall–Kier alpha value is -2.91. The molecule has 0 bridgehead atoms. The molecule has 9 heteroatoms. The number of halogens is 1. The number of carbonyl (C=O) groups is 3. The number of benzene rings is 1. The van der Waals surface area contributed by atoms with Crippen LogP contribution in [0.2, 0.25) is 0 Å². The second-order valence-corrected chi connectivity index (χ2v) is 9.62. The molecule has 188 valence electrons. The lowest BCUT2D eigenvalue weighted by atomic mass is 9.94. The van der Waals surface area contributed by atoms with Crippen molar-refractivity contribution >= 4 is 39.3 Å². The average molecular weight is 546 g/mol. The van der Waals surface area contributed by atoms with Crippen LogP contribution in [0.15, 0.2) is 34.3 Å². The fourth-order valence-electron chi connectivity index (χ4n) is 4.76. The van der Waals surface area contributed by atoms with Crippen LogP contribution in [0.4, 0.5) is 0 Å². The summed E-state index contributed by atoms with van der Waals surface area (Å²) in [6.07, 6.45) is 0.705. The molecule has 35 heavy (non-hydrogen) atoms. The molecule has 1 aromatic heterocycles. The molecule has 2 heterocycles. The summed E-state index contributed by atoms with van der Waals surface area (Å²) >= 11 is 3.46. The molecule has 1 fully saturated rings. The zero-order chi connectivity index (χ0) is 25.9. The maximum atomic E-state index is 13.8. The lowest BCUT2D eigenvalue weighted by Crippen LogP contribution is -3.11. The molecule has 1 unspecified atom stereocenters. The number of nitrogens with one attached hydrogen (secondary N) is 2.